The maximum Gasteiger partial charge on any atom is 0.252 e. The number of hydrogen-bond acceptors (Lipinski definition) is 1. The SMILES string of the molecule is Oc1cccc2ccc[nH+]c12.[Cl-]. The first-order chi connectivity index (χ1) is 5.38. The molecule has 0 aliphatic heterocycles. The highest BCUT2D eigenvalue weighted by Crippen LogP contribution is 2.18. The van der Waals surface area contributed by atoms with Gasteiger partial charge in [0.2, 0.25) is 0 Å². The molecule has 0 unspecified atom stereocenters. The molecular weight excluding hydrogens is 174 g/mol. The van der Waals surface area contributed by atoms with Crippen LogP contribution in [-0.4, -0.2) is 5.11 Å². The standard InChI is InChI=1S/C9H7NO.ClH/c11-8-5-1-3-7-4-2-6-10-9(7)8;/h1-6,11H;1H. The number of aromatic amines is 1. The molecule has 1 heterocycles. The Balaban J connectivity index is 0.000000720. The van der Waals surface area contributed by atoms with Gasteiger partial charge in [-0.2, -0.15) is 0 Å². The van der Waals surface area contributed by atoms with Crippen molar-refractivity contribution in [3.8, 4) is 5.75 Å². The maximum atomic E-state index is 9.34. The molecule has 0 amide bonds. The number of pyridine rings is 1. The van der Waals surface area contributed by atoms with Gasteiger partial charge in [-0.3, -0.25) is 0 Å². The summed E-state index contributed by atoms with van der Waals surface area (Å²) < 4.78 is 0. The molecule has 0 saturated carbocycles. The van der Waals surface area contributed by atoms with Gasteiger partial charge in [-0.25, -0.2) is 4.98 Å². The zero-order chi connectivity index (χ0) is 7.68. The number of rotatable bonds is 0. The quantitative estimate of drug-likeness (QED) is 0.520. The number of aromatic nitrogens is 1. The van der Waals surface area contributed by atoms with E-state index >= 15 is 0 Å². The van der Waals surface area contributed by atoms with E-state index in [1.54, 1.807) is 12.3 Å². The third-order valence-electron chi connectivity index (χ3n) is 1.67. The molecule has 0 radical (unpaired) electrons. The molecule has 0 saturated heterocycles. The predicted molar refractivity (Wildman–Crippen MR) is 42.2 cm³/mol. The van der Waals surface area contributed by atoms with Crippen LogP contribution in [0.5, 0.6) is 5.75 Å². The largest absolute Gasteiger partial charge is 1.00 e. The smallest absolute Gasteiger partial charge is 0.252 e. The van der Waals surface area contributed by atoms with Gasteiger partial charge in [0.25, 0.3) is 5.52 Å². The van der Waals surface area contributed by atoms with Gasteiger partial charge in [0.05, 0.1) is 5.39 Å². The number of halogens is 1. The summed E-state index contributed by atoms with van der Waals surface area (Å²) in [6.45, 7) is 0. The lowest BCUT2D eigenvalue weighted by Gasteiger charge is -1.91. The van der Waals surface area contributed by atoms with Crippen molar-refractivity contribution >= 4 is 10.9 Å². The summed E-state index contributed by atoms with van der Waals surface area (Å²) in [7, 11) is 0. The summed E-state index contributed by atoms with van der Waals surface area (Å²) in [6.07, 6.45) is 1.79. The van der Waals surface area contributed by atoms with Gasteiger partial charge in [0.1, 0.15) is 0 Å². The van der Waals surface area contributed by atoms with Crippen molar-refractivity contribution in [2.45, 2.75) is 0 Å². The number of para-hydroxylation sites is 1. The van der Waals surface area contributed by atoms with Crippen LogP contribution in [0.1, 0.15) is 0 Å². The molecule has 0 atom stereocenters. The number of H-pyrrole nitrogens is 1. The highest BCUT2D eigenvalue weighted by atomic mass is 35.5. The van der Waals surface area contributed by atoms with Crippen LogP contribution >= 0.6 is 0 Å². The Morgan fingerprint density at radius 3 is 2.58 bits per heavy atom. The molecule has 1 aromatic heterocycles. The van der Waals surface area contributed by atoms with Crippen molar-refractivity contribution < 1.29 is 22.5 Å². The minimum absolute atomic E-state index is 0. The number of phenolic OH excluding ortho intramolecular Hbond substituents is 1. The number of nitrogens with one attached hydrogen (secondary N) is 1. The topological polar surface area (TPSA) is 34.4 Å². The summed E-state index contributed by atoms with van der Waals surface area (Å²) in [4.78, 5) is 2.97. The average molecular weight is 182 g/mol. The number of aromatic hydroxyl groups is 1. The van der Waals surface area contributed by atoms with Crippen LogP contribution in [0.3, 0.4) is 0 Å². The molecule has 0 bridgehead atoms. The molecule has 2 rings (SSSR count). The third-order valence-corrected chi connectivity index (χ3v) is 1.67. The molecule has 0 fully saturated rings. The van der Waals surface area contributed by atoms with Crippen LogP contribution in [0.2, 0.25) is 0 Å². The monoisotopic (exact) mass is 181 g/mol. The number of benzene rings is 1. The minimum Gasteiger partial charge on any atom is -1.00 e. The Kier molecular flexibility index (Phi) is 2.51. The van der Waals surface area contributed by atoms with E-state index in [2.05, 4.69) is 4.98 Å². The second-order valence-corrected chi connectivity index (χ2v) is 2.41. The molecule has 2 nitrogen and oxygen atoms in total. The fourth-order valence-corrected chi connectivity index (χ4v) is 1.14. The van der Waals surface area contributed by atoms with Crippen molar-refractivity contribution in [3.63, 3.8) is 0 Å². The first-order valence-corrected chi connectivity index (χ1v) is 3.46. The van der Waals surface area contributed by atoms with Gasteiger partial charge in [0, 0.05) is 6.07 Å². The van der Waals surface area contributed by atoms with Crippen molar-refractivity contribution in [2.75, 3.05) is 0 Å². The van der Waals surface area contributed by atoms with Gasteiger partial charge < -0.3 is 17.5 Å². The first kappa shape index (κ1) is 8.81. The van der Waals surface area contributed by atoms with Crippen LogP contribution in [0.15, 0.2) is 36.5 Å². The molecule has 62 valence electrons. The molecule has 12 heavy (non-hydrogen) atoms. The lowest BCUT2D eigenvalue weighted by atomic mass is 10.2. The van der Waals surface area contributed by atoms with Crippen LogP contribution in [0.4, 0.5) is 0 Å². The van der Waals surface area contributed by atoms with Crippen molar-refractivity contribution in [2.24, 2.45) is 0 Å². The maximum absolute atomic E-state index is 9.34. The lowest BCUT2D eigenvalue weighted by Crippen LogP contribution is -3.00. The molecular formula is C9H8ClNO. The van der Waals surface area contributed by atoms with Crippen molar-refractivity contribution in [3.05, 3.63) is 36.5 Å². The van der Waals surface area contributed by atoms with Crippen molar-refractivity contribution in [1.82, 2.24) is 0 Å². The Labute approximate surface area is 76.3 Å². The second kappa shape index (κ2) is 3.41. The molecule has 2 N–H and O–H groups in total. The fraction of sp³-hybridized carbons (Fsp3) is 0. The van der Waals surface area contributed by atoms with E-state index in [1.165, 1.54) is 0 Å². The van der Waals surface area contributed by atoms with Crippen LogP contribution in [-0.2, 0) is 0 Å². The van der Waals surface area contributed by atoms with E-state index < -0.39 is 0 Å². The van der Waals surface area contributed by atoms with E-state index in [4.69, 9.17) is 0 Å². The number of hydrogen-bond donors (Lipinski definition) is 1. The summed E-state index contributed by atoms with van der Waals surface area (Å²) in [5.74, 6) is 0.295. The molecule has 1 aromatic carbocycles. The molecule has 2 aromatic rings. The summed E-state index contributed by atoms with van der Waals surface area (Å²) >= 11 is 0. The van der Waals surface area contributed by atoms with Crippen LogP contribution in [0.25, 0.3) is 10.9 Å². The van der Waals surface area contributed by atoms with E-state index in [1.807, 2.05) is 24.3 Å². The second-order valence-electron chi connectivity index (χ2n) is 2.41. The van der Waals surface area contributed by atoms with Gasteiger partial charge in [-0.05, 0) is 18.2 Å². The van der Waals surface area contributed by atoms with Gasteiger partial charge >= 0.3 is 0 Å². The first-order valence-electron chi connectivity index (χ1n) is 3.46. The number of fused-ring (bicyclic) bond motifs is 1. The summed E-state index contributed by atoms with van der Waals surface area (Å²) in [6, 6.07) is 9.29. The van der Waals surface area contributed by atoms with E-state index in [-0.39, 0.29) is 12.4 Å². The lowest BCUT2D eigenvalue weighted by molar-refractivity contribution is -0.345. The van der Waals surface area contributed by atoms with Gasteiger partial charge in [-0.1, -0.05) is 6.07 Å². The van der Waals surface area contributed by atoms with Gasteiger partial charge in [-0.15, -0.1) is 0 Å². The van der Waals surface area contributed by atoms with E-state index in [0.29, 0.717) is 5.75 Å². The van der Waals surface area contributed by atoms with Crippen molar-refractivity contribution in [1.29, 1.82) is 0 Å². The summed E-state index contributed by atoms with van der Waals surface area (Å²) in [5, 5.41) is 10.4. The van der Waals surface area contributed by atoms with Gasteiger partial charge in [0.15, 0.2) is 11.9 Å². The molecule has 3 heteroatoms. The number of phenols is 1. The van der Waals surface area contributed by atoms with Crippen LogP contribution in [0, 0.1) is 0 Å². The summed E-state index contributed by atoms with van der Waals surface area (Å²) in [5.41, 5.74) is 0.787. The van der Waals surface area contributed by atoms with E-state index in [9.17, 15) is 5.11 Å². The van der Waals surface area contributed by atoms with Crippen LogP contribution < -0.4 is 17.4 Å². The highest BCUT2D eigenvalue weighted by Gasteiger charge is 2.02. The Hall–Kier alpha value is -1.28. The Morgan fingerprint density at radius 2 is 1.83 bits per heavy atom. The fourth-order valence-electron chi connectivity index (χ4n) is 1.14. The zero-order valence-corrected chi connectivity index (χ0v) is 7.05. The Morgan fingerprint density at radius 1 is 1.08 bits per heavy atom. The zero-order valence-electron chi connectivity index (χ0n) is 6.29. The molecule has 0 aliphatic carbocycles. The Bertz CT molecular complexity index is 384. The molecule has 0 aliphatic rings. The normalized spacial score (nSPS) is 9.33. The minimum atomic E-state index is 0. The molecule has 0 spiro atoms. The average Bonchev–Trinajstić information content (AvgIpc) is 2.06. The highest BCUT2D eigenvalue weighted by molar-refractivity contribution is 5.80. The predicted octanol–water partition coefficient (Wildman–Crippen LogP) is -1.64. The third kappa shape index (κ3) is 1.34. The van der Waals surface area contributed by atoms with E-state index in [0.717, 1.165) is 10.9 Å².